The first-order chi connectivity index (χ1) is 12.5. The van der Waals surface area contributed by atoms with Crippen LogP contribution >= 0.6 is 11.3 Å². The molecule has 0 atom stereocenters. The smallest absolute Gasteiger partial charge is 0.387 e. The third-order valence-corrected chi connectivity index (χ3v) is 4.49. The van der Waals surface area contributed by atoms with Crippen molar-refractivity contribution >= 4 is 22.4 Å². The Bertz CT molecular complexity index is 895. The van der Waals surface area contributed by atoms with Crippen LogP contribution in [0.5, 0.6) is 5.75 Å². The molecule has 1 N–H and O–H groups in total. The minimum absolute atomic E-state index is 0.00578. The van der Waals surface area contributed by atoms with Crippen LogP contribution in [0.15, 0.2) is 54.7 Å². The monoisotopic (exact) mass is 374 g/mol. The number of ether oxygens (including phenoxy) is 1. The molecular weight excluding hydrogens is 358 g/mol. The van der Waals surface area contributed by atoms with E-state index in [4.69, 9.17) is 0 Å². The highest BCUT2D eigenvalue weighted by Gasteiger charge is 2.11. The largest absolute Gasteiger partial charge is 0.435 e. The fourth-order valence-electron chi connectivity index (χ4n) is 2.43. The molecule has 2 aromatic carbocycles. The summed E-state index contributed by atoms with van der Waals surface area (Å²) in [6, 6.07) is 13.7. The molecule has 0 spiro atoms. The molecule has 0 fully saturated rings. The number of anilines is 1. The van der Waals surface area contributed by atoms with Crippen molar-refractivity contribution in [2.75, 3.05) is 5.32 Å². The van der Waals surface area contributed by atoms with Gasteiger partial charge in [0.15, 0.2) is 5.13 Å². The molecule has 0 radical (unpaired) electrons. The minimum atomic E-state index is -2.89. The molecular formula is C19H16F2N2O2S. The van der Waals surface area contributed by atoms with Gasteiger partial charge in [-0.3, -0.25) is 10.1 Å². The summed E-state index contributed by atoms with van der Waals surface area (Å²) in [5.74, 6) is -0.351. The Morgan fingerprint density at radius 2 is 2.00 bits per heavy atom. The SMILES string of the molecule is Cc1cccc(Cc2cnc(NC(=O)c3ccc(OC(F)F)cc3)s2)c1. The number of alkyl halides is 2. The average molecular weight is 374 g/mol. The van der Waals surface area contributed by atoms with E-state index in [9.17, 15) is 13.6 Å². The van der Waals surface area contributed by atoms with Crippen molar-refractivity contribution in [2.24, 2.45) is 0 Å². The van der Waals surface area contributed by atoms with Crippen molar-refractivity contribution in [1.82, 2.24) is 4.98 Å². The number of rotatable bonds is 6. The Kier molecular flexibility index (Phi) is 5.58. The number of hydrogen-bond acceptors (Lipinski definition) is 4. The van der Waals surface area contributed by atoms with E-state index >= 15 is 0 Å². The van der Waals surface area contributed by atoms with Crippen LogP contribution in [-0.4, -0.2) is 17.5 Å². The van der Waals surface area contributed by atoms with Gasteiger partial charge in [0, 0.05) is 23.1 Å². The van der Waals surface area contributed by atoms with Gasteiger partial charge in [-0.2, -0.15) is 8.78 Å². The molecule has 0 aliphatic heterocycles. The summed E-state index contributed by atoms with van der Waals surface area (Å²) in [6.45, 7) is -0.851. The Labute approximate surface area is 153 Å². The van der Waals surface area contributed by atoms with Crippen molar-refractivity contribution in [3.05, 3.63) is 76.3 Å². The molecule has 26 heavy (non-hydrogen) atoms. The number of carbonyl (C=O) groups excluding carboxylic acids is 1. The number of hydrogen-bond donors (Lipinski definition) is 1. The first-order valence-corrected chi connectivity index (χ1v) is 8.68. The van der Waals surface area contributed by atoms with Crippen molar-refractivity contribution < 1.29 is 18.3 Å². The molecule has 3 aromatic rings. The highest BCUT2D eigenvalue weighted by molar-refractivity contribution is 7.15. The van der Waals surface area contributed by atoms with E-state index in [1.807, 2.05) is 25.1 Å². The number of halogens is 2. The minimum Gasteiger partial charge on any atom is -0.435 e. The second kappa shape index (κ2) is 8.05. The lowest BCUT2D eigenvalue weighted by Crippen LogP contribution is -2.11. The summed E-state index contributed by atoms with van der Waals surface area (Å²) in [4.78, 5) is 17.5. The molecule has 0 aliphatic rings. The van der Waals surface area contributed by atoms with E-state index < -0.39 is 6.61 Å². The molecule has 4 nitrogen and oxygen atoms in total. The van der Waals surface area contributed by atoms with E-state index in [1.165, 1.54) is 46.7 Å². The Hall–Kier alpha value is -2.80. The average Bonchev–Trinajstić information content (AvgIpc) is 3.02. The van der Waals surface area contributed by atoms with Crippen LogP contribution < -0.4 is 10.1 Å². The number of thiazole rings is 1. The van der Waals surface area contributed by atoms with Gasteiger partial charge >= 0.3 is 6.61 Å². The normalized spacial score (nSPS) is 10.8. The van der Waals surface area contributed by atoms with Gasteiger partial charge in [-0.15, -0.1) is 11.3 Å². The fourth-order valence-corrected chi connectivity index (χ4v) is 3.27. The molecule has 134 valence electrons. The van der Waals surface area contributed by atoms with Crippen molar-refractivity contribution in [1.29, 1.82) is 0 Å². The van der Waals surface area contributed by atoms with Crippen LogP contribution in [0.25, 0.3) is 0 Å². The number of benzene rings is 2. The van der Waals surface area contributed by atoms with Crippen LogP contribution in [-0.2, 0) is 6.42 Å². The second-order valence-corrected chi connectivity index (χ2v) is 6.77. The Morgan fingerprint density at radius 1 is 1.23 bits per heavy atom. The highest BCUT2D eigenvalue weighted by atomic mass is 32.1. The maximum atomic E-state index is 12.2. The van der Waals surface area contributed by atoms with Gasteiger partial charge in [0.1, 0.15) is 5.75 Å². The van der Waals surface area contributed by atoms with E-state index in [2.05, 4.69) is 21.1 Å². The summed E-state index contributed by atoms with van der Waals surface area (Å²) in [7, 11) is 0. The number of carbonyl (C=O) groups is 1. The highest BCUT2D eigenvalue weighted by Crippen LogP contribution is 2.22. The van der Waals surface area contributed by atoms with Crippen molar-refractivity contribution in [3.8, 4) is 5.75 Å². The maximum Gasteiger partial charge on any atom is 0.387 e. The predicted molar refractivity (Wildman–Crippen MR) is 97.1 cm³/mol. The van der Waals surface area contributed by atoms with Crippen LogP contribution in [0.2, 0.25) is 0 Å². The lowest BCUT2D eigenvalue weighted by Gasteiger charge is -2.05. The molecule has 0 bridgehead atoms. The fraction of sp³-hybridized carbons (Fsp3) is 0.158. The lowest BCUT2D eigenvalue weighted by molar-refractivity contribution is -0.0498. The number of aryl methyl sites for hydroxylation is 1. The van der Waals surface area contributed by atoms with Gasteiger partial charge in [0.05, 0.1) is 0 Å². The molecule has 0 unspecified atom stereocenters. The maximum absolute atomic E-state index is 12.2. The second-order valence-electron chi connectivity index (χ2n) is 5.65. The van der Waals surface area contributed by atoms with Crippen LogP contribution in [0.4, 0.5) is 13.9 Å². The third-order valence-electron chi connectivity index (χ3n) is 3.58. The van der Waals surface area contributed by atoms with Crippen LogP contribution in [0, 0.1) is 6.92 Å². The van der Waals surface area contributed by atoms with Gasteiger partial charge in [0.25, 0.3) is 5.91 Å². The number of aromatic nitrogens is 1. The molecule has 3 rings (SSSR count). The van der Waals surface area contributed by atoms with Crippen LogP contribution in [0.3, 0.4) is 0 Å². The first-order valence-electron chi connectivity index (χ1n) is 7.86. The zero-order valence-electron chi connectivity index (χ0n) is 13.9. The van der Waals surface area contributed by atoms with E-state index in [-0.39, 0.29) is 11.7 Å². The summed E-state index contributed by atoms with van der Waals surface area (Å²) >= 11 is 1.40. The standard InChI is InChI=1S/C19H16F2N2O2S/c1-12-3-2-4-13(9-12)10-16-11-22-19(26-16)23-17(24)14-5-7-15(8-6-14)25-18(20)21/h2-9,11,18H,10H2,1H3,(H,22,23,24). The van der Waals surface area contributed by atoms with Gasteiger partial charge in [-0.25, -0.2) is 4.98 Å². The molecule has 0 saturated carbocycles. The molecule has 0 aliphatic carbocycles. The van der Waals surface area contributed by atoms with E-state index in [0.29, 0.717) is 10.7 Å². The van der Waals surface area contributed by atoms with Gasteiger partial charge in [-0.05, 0) is 36.8 Å². The molecule has 0 saturated heterocycles. The Balaban J connectivity index is 1.62. The third kappa shape index (κ3) is 4.86. The van der Waals surface area contributed by atoms with E-state index in [0.717, 1.165) is 11.3 Å². The summed E-state index contributed by atoms with van der Waals surface area (Å²) in [5.41, 5.74) is 2.71. The van der Waals surface area contributed by atoms with Gasteiger partial charge in [-0.1, -0.05) is 29.8 Å². The van der Waals surface area contributed by atoms with E-state index in [1.54, 1.807) is 6.20 Å². The van der Waals surface area contributed by atoms with Gasteiger partial charge < -0.3 is 4.74 Å². The molecule has 1 heterocycles. The lowest BCUT2D eigenvalue weighted by atomic mass is 10.1. The summed E-state index contributed by atoms with van der Waals surface area (Å²) in [6.07, 6.45) is 2.48. The zero-order chi connectivity index (χ0) is 18.5. The molecule has 1 aromatic heterocycles. The zero-order valence-corrected chi connectivity index (χ0v) is 14.7. The van der Waals surface area contributed by atoms with Crippen molar-refractivity contribution in [3.63, 3.8) is 0 Å². The number of amides is 1. The summed E-state index contributed by atoms with van der Waals surface area (Å²) in [5, 5.41) is 3.21. The van der Waals surface area contributed by atoms with Crippen molar-refractivity contribution in [2.45, 2.75) is 20.0 Å². The number of nitrogens with zero attached hydrogens (tertiary/aromatic N) is 1. The topological polar surface area (TPSA) is 51.2 Å². The predicted octanol–water partition coefficient (Wildman–Crippen LogP) is 4.90. The quantitative estimate of drug-likeness (QED) is 0.668. The van der Waals surface area contributed by atoms with Gasteiger partial charge in [0.2, 0.25) is 0 Å². The first kappa shape index (κ1) is 18.0. The summed E-state index contributed by atoms with van der Waals surface area (Å²) < 4.78 is 28.5. The molecule has 7 heteroatoms. The Morgan fingerprint density at radius 3 is 2.69 bits per heavy atom. The number of nitrogens with one attached hydrogen (secondary N) is 1. The van der Waals surface area contributed by atoms with Crippen LogP contribution in [0.1, 0.15) is 26.4 Å². The molecule has 1 amide bonds.